The van der Waals surface area contributed by atoms with Gasteiger partial charge in [-0.3, -0.25) is 0 Å². The highest BCUT2D eigenvalue weighted by molar-refractivity contribution is 7.25. The summed E-state index contributed by atoms with van der Waals surface area (Å²) in [6, 6.07) is 86.2. The molecular formula is C58H39NS. The van der Waals surface area contributed by atoms with E-state index in [0.717, 1.165) is 17.1 Å². The van der Waals surface area contributed by atoms with Crippen molar-refractivity contribution in [2.24, 2.45) is 0 Å². The van der Waals surface area contributed by atoms with Gasteiger partial charge in [-0.1, -0.05) is 194 Å². The van der Waals surface area contributed by atoms with Gasteiger partial charge in [-0.25, -0.2) is 0 Å². The molecular weight excluding hydrogens is 743 g/mol. The van der Waals surface area contributed by atoms with Crippen molar-refractivity contribution in [1.29, 1.82) is 0 Å². The van der Waals surface area contributed by atoms with Gasteiger partial charge in [-0.15, -0.1) is 11.3 Å². The van der Waals surface area contributed by atoms with Crippen LogP contribution in [0.2, 0.25) is 0 Å². The number of hydrogen-bond acceptors (Lipinski definition) is 2. The van der Waals surface area contributed by atoms with E-state index in [-0.39, 0.29) is 0 Å². The molecule has 0 saturated heterocycles. The van der Waals surface area contributed by atoms with Crippen LogP contribution in [0.3, 0.4) is 0 Å². The topological polar surface area (TPSA) is 3.24 Å². The quantitative estimate of drug-likeness (QED) is 0.148. The number of thiophene rings is 1. The first-order valence-corrected chi connectivity index (χ1v) is 21.3. The van der Waals surface area contributed by atoms with Crippen molar-refractivity contribution >= 4 is 59.3 Å². The Kier molecular flexibility index (Phi) is 9.11. The van der Waals surface area contributed by atoms with E-state index >= 15 is 0 Å². The van der Waals surface area contributed by atoms with Crippen LogP contribution in [0.1, 0.15) is 0 Å². The fraction of sp³-hybridized carbons (Fsp3) is 0. The van der Waals surface area contributed by atoms with Gasteiger partial charge >= 0.3 is 0 Å². The van der Waals surface area contributed by atoms with Crippen molar-refractivity contribution in [3.8, 4) is 55.6 Å². The van der Waals surface area contributed by atoms with Crippen LogP contribution < -0.4 is 4.90 Å². The Morgan fingerprint density at radius 2 is 0.833 bits per heavy atom. The lowest BCUT2D eigenvalue weighted by molar-refractivity contribution is 1.28. The van der Waals surface area contributed by atoms with Gasteiger partial charge in [0.1, 0.15) is 0 Å². The van der Waals surface area contributed by atoms with Crippen LogP contribution in [-0.2, 0) is 0 Å². The first-order chi connectivity index (χ1) is 29.8. The van der Waals surface area contributed by atoms with E-state index in [4.69, 9.17) is 0 Å². The largest absolute Gasteiger partial charge is 0.310 e. The fourth-order valence-corrected chi connectivity index (χ4v) is 10.1. The van der Waals surface area contributed by atoms with Gasteiger partial charge < -0.3 is 4.90 Å². The summed E-state index contributed by atoms with van der Waals surface area (Å²) in [5.41, 5.74) is 15.2. The van der Waals surface area contributed by atoms with Gasteiger partial charge in [-0.2, -0.15) is 0 Å². The van der Waals surface area contributed by atoms with E-state index in [1.165, 1.54) is 86.6 Å². The minimum Gasteiger partial charge on any atom is -0.310 e. The summed E-state index contributed by atoms with van der Waals surface area (Å²) < 4.78 is 2.62. The second-order valence-corrected chi connectivity index (χ2v) is 16.3. The summed E-state index contributed by atoms with van der Waals surface area (Å²) in [5, 5.41) is 5.10. The Labute approximate surface area is 354 Å². The van der Waals surface area contributed by atoms with Crippen molar-refractivity contribution in [3.63, 3.8) is 0 Å². The zero-order valence-corrected chi connectivity index (χ0v) is 33.7. The molecule has 0 bridgehead atoms. The minimum absolute atomic E-state index is 1.08. The second kappa shape index (κ2) is 15.3. The lowest BCUT2D eigenvalue weighted by Gasteiger charge is -2.30. The number of nitrogens with zero attached hydrogens (tertiary/aromatic N) is 1. The molecule has 1 aromatic heterocycles. The molecule has 10 aromatic carbocycles. The molecule has 0 spiro atoms. The highest BCUT2D eigenvalue weighted by Gasteiger charge is 2.23. The molecule has 0 saturated carbocycles. The smallest absolute Gasteiger partial charge is 0.0546 e. The van der Waals surface area contributed by atoms with E-state index in [2.05, 4.69) is 241 Å². The zero-order chi connectivity index (χ0) is 39.8. The SMILES string of the molecule is c1ccc(-c2ccccc2-c2c(-c3ccccc3)cccc2N(c2ccc(-c3cccc4sc5ccccc5c34)cc2)c2cccc(-c3cccc4ccccc34)c2)cc1. The van der Waals surface area contributed by atoms with E-state index in [9.17, 15) is 0 Å². The molecule has 60 heavy (non-hydrogen) atoms. The average Bonchev–Trinajstić information content (AvgIpc) is 3.71. The third-order valence-electron chi connectivity index (χ3n) is 11.7. The Balaban J connectivity index is 1.16. The number of rotatable bonds is 8. The van der Waals surface area contributed by atoms with Crippen LogP contribution in [0.4, 0.5) is 17.1 Å². The Morgan fingerprint density at radius 1 is 0.300 bits per heavy atom. The summed E-state index contributed by atoms with van der Waals surface area (Å²) in [6.07, 6.45) is 0. The maximum Gasteiger partial charge on any atom is 0.0546 e. The Hall–Kier alpha value is -7.52. The van der Waals surface area contributed by atoms with Crippen molar-refractivity contribution in [3.05, 3.63) is 237 Å². The summed E-state index contributed by atoms with van der Waals surface area (Å²) >= 11 is 1.86. The first kappa shape index (κ1) is 35.6. The molecule has 0 N–H and O–H groups in total. The highest BCUT2D eigenvalue weighted by atomic mass is 32.1. The molecule has 0 atom stereocenters. The molecule has 0 amide bonds. The van der Waals surface area contributed by atoms with Gasteiger partial charge in [0.25, 0.3) is 0 Å². The number of fused-ring (bicyclic) bond motifs is 4. The summed E-state index contributed by atoms with van der Waals surface area (Å²) in [6.45, 7) is 0. The average molecular weight is 782 g/mol. The predicted molar refractivity (Wildman–Crippen MR) is 259 cm³/mol. The van der Waals surface area contributed by atoms with Crippen LogP contribution in [0.5, 0.6) is 0 Å². The van der Waals surface area contributed by atoms with E-state index < -0.39 is 0 Å². The third kappa shape index (κ3) is 6.35. The highest BCUT2D eigenvalue weighted by Crippen LogP contribution is 2.49. The Morgan fingerprint density at radius 3 is 1.65 bits per heavy atom. The van der Waals surface area contributed by atoms with Crippen LogP contribution in [0.15, 0.2) is 237 Å². The summed E-state index contributed by atoms with van der Waals surface area (Å²) in [5.74, 6) is 0. The molecule has 0 fully saturated rings. The number of hydrogen-bond donors (Lipinski definition) is 0. The lowest BCUT2D eigenvalue weighted by atomic mass is 9.87. The van der Waals surface area contributed by atoms with Gasteiger partial charge in [0, 0.05) is 37.1 Å². The van der Waals surface area contributed by atoms with Gasteiger partial charge in [0.15, 0.2) is 0 Å². The van der Waals surface area contributed by atoms with Crippen LogP contribution >= 0.6 is 11.3 Å². The molecule has 282 valence electrons. The fourth-order valence-electron chi connectivity index (χ4n) is 8.96. The van der Waals surface area contributed by atoms with E-state index in [1.54, 1.807) is 0 Å². The summed E-state index contributed by atoms with van der Waals surface area (Å²) in [4.78, 5) is 2.46. The van der Waals surface area contributed by atoms with Crippen LogP contribution in [-0.4, -0.2) is 0 Å². The Bertz CT molecular complexity index is 3300. The van der Waals surface area contributed by atoms with Crippen molar-refractivity contribution in [1.82, 2.24) is 0 Å². The van der Waals surface area contributed by atoms with Gasteiger partial charge in [-0.05, 0) is 103 Å². The molecule has 0 unspecified atom stereocenters. The second-order valence-electron chi connectivity index (χ2n) is 15.2. The van der Waals surface area contributed by atoms with Crippen molar-refractivity contribution < 1.29 is 0 Å². The first-order valence-electron chi connectivity index (χ1n) is 20.5. The van der Waals surface area contributed by atoms with E-state index in [0.29, 0.717) is 0 Å². The molecule has 2 heteroatoms. The third-order valence-corrected chi connectivity index (χ3v) is 12.8. The monoisotopic (exact) mass is 781 g/mol. The maximum atomic E-state index is 2.46. The minimum atomic E-state index is 1.08. The normalized spacial score (nSPS) is 11.3. The molecule has 1 heterocycles. The lowest BCUT2D eigenvalue weighted by Crippen LogP contribution is -2.12. The van der Waals surface area contributed by atoms with Crippen molar-refractivity contribution in [2.45, 2.75) is 0 Å². The van der Waals surface area contributed by atoms with Crippen molar-refractivity contribution in [2.75, 3.05) is 4.90 Å². The van der Waals surface area contributed by atoms with Gasteiger partial charge in [0.05, 0.1) is 5.69 Å². The number of anilines is 3. The molecule has 11 rings (SSSR count). The molecule has 11 aromatic rings. The molecule has 0 radical (unpaired) electrons. The summed E-state index contributed by atoms with van der Waals surface area (Å²) in [7, 11) is 0. The maximum absolute atomic E-state index is 2.46. The molecule has 0 aliphatic heterocycles. The van der Waals surface area contributed by atoms with Gasteiger partial charge in [0.2, 0.25) is 0 Å². The number of benzene rings is 10. The zero-order valence-electron chi connectivity index (χ0n) is 32.9. The molecule has 0 aliphatic carbocycles. The van der Waals surface area contributed by atoms with Crippen LogP contribution in [0, 0.1) is 0 Å². The van der Waals surface area contributed by atoms with Crippen LogP contribution in [0.25, 0.3) is 86.6 Å². The molecule has 1 nitrogen and oxygen atoms in total. The van der Waals surface area contributed by atoms with E-state index in [1.807, 2.05) is 11.3 Å². The molecule has 0 aliphatic rings. The predicted octanol–water partition coefficient (Wildman–Crippen LogP) is 17.0. The standard InChI is InChI=1S/C58H39NS/c1-3-17-40(18-4-1)48-26-9-10-27-52(48)57-50(42-19-5-2-6-20-42)30-15-32-54(57)59(46-24-13-23-44(39-46)49-29-14-22-41-21-7-8-25-47(41)49)45-37-35-43(36-38-45)51-31-16-34-56-58(51)53-28-11-12-33-55(53)60-56/h1-39H.